The third-order valence-corrected chi connectivity index (χ3v) is 4.99. The first kappa shape index (κ1) is 24.1. The molecule has 136 valence electrons. The van der Waals surface area contributed by atoms with E-state index in [4.69, 9.17) is 9.29 Å². The van der Waals surface area contributed by atoms with Crippen molar-refractivity contribution in [2.24, 2.45) is 0 Å². The standard InChI is InChI=1S/C10H15O6S.C6H11.U/c11-7-9(17(13,14)15)6-10(12)16-8-4-2-1-3-5-8;1-2-4-6-5-3-1;/h8-9H,1-6H2,(H,13,14,15);1H,2-6H2;/q2*-1;+2. The Bertz CT molecular complexity index is 444. The fraction of sp³-hybridized carbons (Fsp3) is 0.812. The van der Waals surface area contributed by atoms with Crippen LogP contribution in [0.5, 0.6) is 0 Å². The van der Waals surface area contributed by atoms with Gasteiger partial charge >= 0.3 is 37.1 Å². The van der Waals surface area contributed by atoms with Gasteiger partial charge in [-0.15, -0.1) is 0 Å². The van der Waals surface area contributed by atoms with Crippen molar-refractivity contribution in [2.75, 3.05) is 0 Å². The first-order valence-electron chi connectivity index (χ1n) is 8.28. The molecule has 0 amide bonds. The molecular weight excluding hydrogens is 558 g/mol. The topological polar surface area (TPSA) is 97.7 Å². The number of ether oxygens (including phenoxy) is 1. The van der Waals surface area contributed by atoms with Gasteiger partial charge in [0, 0.05) is 11.7 Å². The quantitative estimate of drug-likeness (QED) is 0.304. The normalized spacial score (nSPS) is 19.9. The van der Waals surface area contributed by atoms with Gasteiger partial charge in [0.1, 0.15) is 6.10 Å². The van der Waals surface area contributed by atoms with Gasteiger partial charge < -0.3 is 16.0 Å². The summed E-state index contributed by atoms with van der Waals surface area (Å²) in [4.78, 5) is 21.7. The molecule has 1 atom stereocenters. The van der Waals surface area contributed by atoms with Crippen LogP contribution >= 0.6 is 0 Å². The minimum atomic E-state index is -4.58. The second-order valence-electron chi connectivity index (χ2n) is 6.00. The van der Waals surface area contributed by atoms with Crippen LogP contribution in [0, 0.1) is 37.5 Å². The van der Waals surface area contributed by atoms with E-state index in [1.54, 1.807) is 0 Å². The monoisotopic (exact) mass is 584 g/mol. The molecule has 0 spiro atoms. The Kier molecular flexibility index (Phi) is 13.4. The summed E-state index contributed by atoms with van der Waals surface area (Å²) in [6.45, 7) is 0. The molecular formula is C16H26O6SU. The van der Waals surface area contributed by atoms with Crippen LogP contribution in [0.2, 0.25) is 0 Å². The summed E-state index contributed by atoms with van der Waals surface area (Å²) in [6, 6.07) is 0. The minimum absolute atomic E-state index is 0. The van der Waals surface area contributed by atoms with Gasteiger partial charge in [0.2, 0.25) is 10.1 Å². The molecule has 0 saturated heterocycles. The van der Waals surface area contributed by atoms with Crippen LogP contribution < -0.4 is 0 Å². The van der Waals surface area contributed by atoms with Crippen molar-refractivity contribution in [2.45, 2.75) is 82.0 Å². The van der Waals surface area contributed by atoms with Crippen LogP contribution in [0.15, 0.2) is 0 Å². The summed E-state index contributed by atoms with van der Waals surface area (Å²) < 4.78 is 35.0. The SMILES string of the molecule is O=[C-]C(CC(=O)OC1CCCCC1)S(=O)(=O)O.[CH-]1CCCCC1.[U+2]. The van der Waals surface area contributed by atoms with Crippen LogP contribution in [0.4, 0.5) is 0 Å². The number of esters is 1. The second-order valence-corrected chi connectivity index (χ2v) is 7.60. The summed E-state index contributed by atoms with van der Waals surface area (Å²) in [5.41, 5.74) is 0. The maximum absolute atomic E-state index is 11.4. The molecule has 1 unspecified atom stereocenters. The van der Waals surface area contributed by atoms with Crippen LogP contribution in [0.3, 0.4) is 0 Å². The van der Waals surface area contributed by atoms with Gasteiger partial charge in [0.25, 0.3) is 0 Å². The third-order valence-electron chi connectivity index (χ3n) is 4.01. The average molecular weight is 584 g/mol. The van der Waals surface area contributed by atoms with Gasteiger partial charge in [-0.25, -0.2) is 14.7 Å². The molecule has 0 aliphatic heterocycles. The van der Waals surface area contributed by atoms with Gasteiger partial charge in [-0.05, 0) is 25.7 Å². The van der Waals surface area contributed by atoms with Crippen molar-refractivity contribution in [3.05, 3.63) is 6.42 Å². The first-order valence-corrected chi connectivity index (χ1v) is 9.79. The number of hydrogen-bond acceptors (Lipinski definition) is 5. The molecule has 24 heavy (non-hydrogen) atoms. The molecule has 2 fully saturated rings. The number of carbonyl (C=O) groups is 1. The smallest absolute Gasteiger partial charge is 0.540 e. The Balaban J connectivity index is 0.000000635. The van der Waals surface area contributed by atoms with Crippen LogP contribution in [-0.4, -0.2) is 36.6 Å². The van der Waals surface area contributed by atoms with Crippen molar-refractivity contribution < 1.29 is 58.4 Å². The Morgan fingerprint density at radius 3 is 2.04 bits per heavy atom. The molecule has 8 heteroatoms. The van der Waals surface area contributed by atoms with Crippen LogP contribution in [0.1, 0.15) is 70.6 Å². The van der Waals surface area contributed by atoms with Crippen molar-refractivity contribution in [3.63, 3.8) is 0 Å². The summed E-state index contributed by atoms with van der Waals surface area (Å²) in [6.07, 6.45) is 14.3. The Morgan fingerprint density at radius 2 is 1.67 bits per heavy atom. The van der Waals surface area contributed by atoms with E-state index in [1.807, 2.05) is 0 Å². The summed E-state index contributed by atoms with van der Waals surface area (Å²) in [5.74, 6) is -0.789. The number of carbonyl (C=O) groups excluding carboxylic acids is 2. The molecule has 2 rings (SSSR count). The molecule has 2 saturated carbocycles. The zero-order valence-electron chi connectivity index (χ0n) is 13.9. The van der Waals surface area contributed by atoms with Crippen molar-refractivity contribution in [1.29, 1.82) is 0 Å². The maximum Gasteiger partial charge on any atom is 2.00 e. The Morgan fingerprint density at radius 1 is 1.12 bits per heavy atom. The summed E-state index contributed by atoms with van der Waals surface area (Å²) in [5, 5.41) is -1.85. The van der Waals surface area contributed by atoms with Gasteiger partial charge in [-0.1, -0.05) is 25.7 Å². The molecule has 0 aromatic rings. The summed E-state index contributed by atoms with van der Waals surface area (Å²) in [7, 11) is -4.58. The molecule has 0 heterocycles. The zero-order valence-corrected chi connectivity index (χ0v) is 18.9. The fourth-order valence-corrected chi connectivity index (χ4v) is 3.14. The van der Waals surface area contributed by atoms with Crippen LogP contribution in [-0.2, 0) is 24.4 Å². The van der Waals surface area contributed by atoms with Crippen molar-refractivity contribution in [3.8, 4) is 0 Å². The maximum atomic E-state index is 11.4. The third kappa shape index (κ3) is 10.9. The van der Waals surface area contributed by atoms with E-state index in [-0.39, 0.29) is 37.2 Å². The van der Waals surface area contributed by atoms with E-state index in [0.717, 1.165) is 38.4 Å². The van der Waals surface area contributed by atoms with E-state index in [2.05, 4.69) is 6.42 Å². The zero-order chi connectivity index (χ0) is 17.1. The number of rotatable bonds is 5. The molecule has 2 aliphatic carbocycles. The van der Waals surface area contributed by atoms with Crippen molar-refractivity contribution >= 4 is 22.4 Å². The van der Waals surface area contributed by atoms with Crippen LogP contribution in [0.25, 0.3) is 0 Å². The predicted octanol–water partition coefficient (Wildman–Crippen LogP) is 2.77. The van der Waals surface area contributed by atoms with E-state index >= 15 is 0 Å². The Hall–Kier alpha value is 0.102. The van der Waals surface area contributed by atoms with E-state index in [9.17, 15) is 18.0 Å². The van der Waals surface area contributed by atoms with Gasteiger partial charge in [0.15, 0.2) is 0 Å². The molecule has 2 aliphatic rings. The van der Waals surface area contributed by atoms with E-state index < -0.39 is 27.8 Å². The molecule has 6 nitrogen and oxygen atoms in total. The average Bonchev–Trinajstić information content (AvgIpc) is 2.55. The molecule has 0 aromatic carbocycles. The van der Waals surface area contributed by atoms with Crippen molar-refractivity contribution in [1.82, 2.24) is 0 Å². The van der Waals surface area contributed by atoms with E-state index in [1.165, 1.54) is 32.1 Å². The van der Waals surface area contributed by atoms with Gasteiger partial charge in [-0.3, -0.25) is 9.35 Å². The molecule has 0 bridgehead atoms. The minimum Gasteiger partial charge on any atom is -0.540 e. The van der Waals surface area contributed by atoms with Gasteiger partial charge in [-0.2, -0.15) is 12.8 Å². The molecule has 1 N–H and O–H groups in total. The Labute approximate surface area is 168 Å². The first-order chi connectivity index (χ1) is 10.9. The largest absolute Gasteiger partial charge is 2.00 e. The molecule has 0 radical (unpaired) electrons. The predicted molar refractivity (Wildman–Crippen MR) is 86.0 cm³/mol. The van der Waals surface area contributed by atoms with E-state index in [0.29, 0.717) is 0 Å². The van der Waals surface area contributed by atoms with Gasteiger partial charge in [0.05, 0.1) is 0 Å². The fourth-order valence-electron chi connectivity index (χ4n) is 2.67. The molecule has 0 aromatic heterocycles. The summed E-state index contributed by atoms with van der Waals surface area (Å²) >= 11 is 0. The number of hydrogen-bond donors (Lipinski definition) is 1. The second kappa shape index (κ2) is 13.3.